The van der Waals surface area contributed by atoms with Crippen LogP contribution in [0.3, 0.4) is 0 Å². The summed E-state index contributed by atoms with van der Waals surface area (Å²) < 4.78 is 6.11. The SMILES string of the molecule is CC(C)(C)c1ccc(Oc2ccccc2C2=NCCCN2)cc1. The summed E-state index contributed by atoms with van der Waals surface area (Å²) in [4.78, 5) is 4.57. The molecule has 0 amide bonds. The molecular formula is C20H24N2O. The van der Waals surface area contributed by atoms with Crippen molar-refractivity contribution in [2.24, 2.45) is 4.99 Å². The minimum absolute atomic E-state index is 0.150. The van der Waals surface area contributed by atoms with Gasteiger partial charge in [0.1, 0.15) is 17.3 Å². The Morgan fingerprint density at radius 1 is 1.00 bits per heavy atom. The summed E-state index contributed by atoms with van der Waals surface area (Å²) in [6.45, 7) is 8.48. The molecule has 3 heteroatoms. The Kier molecular flexibility index (Phi) is 4.37. The molecule has 3 rings (SSSR count). The van der Waals surface area contributed by atoms with Crippen LogP contribution in [0.15, 0.2) is 53.5 Å². The predicted molar refractivity (Wildman–Crippen MR) is 95.7 cm³/mol. The minimum atomic E-state index is 0.150. The Labute approximate surface area is 138 Å². The van der Waals surface area contributed by atoms with Gasteiger partial charge in [0.15, 0.2) is 0 Å². The number of hydrogen-bond donors (Lipinski definition) is 1. The zero-order valence-electron chi connectivity index (χ0n) is 14.1. The Bertz CT molecular complexity index is 696. The molecule has 0 saturated carbocycles. The highest BCUT2D eigenvalue weighted by molar-refractivity contribution is 6.01. The van der Waals surface area contributed by atoms with Crippen LogP contribution in [0.25, 0.3) is 0 Å². The molecule has 1 N–H and O–H groups in total. The van der Waals surface area contributed by atoms with Crippen molar-refractivity contribution in [2.45, 2.75) is 32.6 Å². The number of aliphatic imine (C=N–C) groups is 1. The van der Waals surface area contributed by atoms with Crippen molar-refractivity contribution in [3.05, 3.63) is 59.7 Å². The van der Waals surface area contributed by atoms with Crippen LogP contribution in [-0.2, 0) is 5.41 Å². The lowest BCUT2D eigenvalue weighted by atomic mass is 9.87. The maximum atomic E-state index is 6.11. The van der Waals surface area contributed by atoms with Gasteiger partial charge >= 0.3 is 0 Å². The van der Waals surface area contributed by atoms with E-state index in [1.807, 2.05) is 30.3 Å². The summed E-state index contributed by atoms with van der Waals surface area (Å²) in [5.74, 6) is 2.61. The van der Waals surface area contributed by atoms with Crippen LogP contribution >= 0.6 is 0 Å². The largest absolute Gasteiger partial charge is 0.457 e. The Hall–Kier alpha value is -2.29. The smallest absolute Gasteiger partial charge is 0.138 e. The van der Waals surface area contributed by atoms with Crippen molar-refractivity contribution in [2.75, 3.05) is 13.1 Å². The average Bonchev–Trinajstić information content (AvgIpc) is 2.56. The lowest BCUT2D eigenvalue weighted by molar-refractivity contribution is 0.480. The van der Waals surface area contributed by atoms with E-state index in [2.05, 4.69) is 49.3 Å². The number of rotatable bonds is 3. The normalized spacial score (nSPS) is 14.8. The maximum absolute atomic E-state index is 6.11. The molecule has 23 heavy (non-hydrogen) atoms. The van der Waals surface area contributed by atoms with Crippen LogP contribution in [0.2, 0.25) is 0 Å². The van der Waals surface area contributed by atoms with E-state index in [1.165, 1.54) is 5.56 Å². The summed E-state index contributed by atoms with van der Waals surface area (Å²) in [7, 11) is 0. The van der Waals surface area contributed by atoms with Gasteiger partial charge in [-0.1, -0.05) is 45.0 Å². The Morgan fingerprint density at radius 2 is 1.74 bits per heavy atom. The first-order valence-corrected chi connectivity index (χ1v) is 8.20. The number of nitrogens with one attached hydrogen (secondary N) is 1. The molecule has 0 aliphatic carbocycles. The van der Waals surface area contributed by atoms with E-state index >= 15 is 0 Å². The van der Waals surface area contributed by atoms with Crippen molar-refractivity contribution >= 4 is 5.84 Å². The summed E-state index contributed by atoms with van der Waals surface area (Å²) in [5, 5.41) is 3.36. The number of nitrogens with zero attached hydrogens (tertiary/aromatic N) is 1. The van der Waals surface area contributed by atoms with Crippen molar-refractivity contribution < 1.29 is 4.74 Å². The topological polar surface area (TPSA) is 33.6 Å². The summed E-state index contributed by atoms with van der Waals surface area (Å²) >= 11 is 0. The molecule has 2 aromatic rings. The summed E-state index contributed by atoms with van der Waals surface area (Å²) in [5.41, 5.74) is 2.47. The summed E-state index contributed by atoms with van der Waals surface area (Å²) in [6, 6.07) is 16.4. The predicted octanol–water partition coefficient (Wildman–Crippen LogP) is 4.52. The first kappa shape index (κ1) is 15.6. The fourth-order valence-electron chi connectivity index (χ4n) is 2.61. The fourth-order valence-corrected chi connectivity index (χ4v) is 2.61. The average molecular weight is 308 g/mol. The highest BCUT2D eigenvalue weighted by Gasteiger charge is 2.15. The van der Waals surface area contributed by atoms with E-state index in [-0.39, 0.29) is 5.41 Å². The van der Waals surface area contributed by atoms with E-state index in [1.54, 1.807) is 0 Å². The summed E-state index contributed by atoms with van der Waals surface area (Å²) in [6.07, 6.45) is 1.08. The van der Waals surface area contributed by atoms with Crippen molar-refractivity contribution in [1.82, 2.24) is 5.32 Å². The minimum Gasteiger partial charge on any atom is -0.457 e. The molecule has 3 nitrogen and oxygen atoms in total. The molecule has 0 saturated heterocycles. The first-order chi connectivity index (χ1) is 11.0. The van der Waals surface area contributed by atoms with Gasteiger partial charge in [-0.25, -0.2) is 0 Å². The van der Waals surface area contributed by atoms with Gasteiger partial charge < -0.3 is 10.1 Å². The van der Waals surface area contributed by atoms with Crippen LogP contribution in [0, 0.1) is 0 Å². The maximum Gasteiger partial charge on any atom is 0.138 e. The molecule has 1 heterocycles. The molecule has 1 aliphatic rings. The van der Waals surface area contributed by atoms with E-state index in [9.17, 15) is 0 Å². The van der Waals surface area contributed by atoms with Crippen LogP contribution in [0.5, 0.6) is 11.5 Å². The van der Waals surface area contributed by atoms with Gasteiger partial charge in [-0.15, -0.1) is 0 Å². The quantitative estimate of drug-likeness (QED) is 0.904. The van der Waals surface area contributed by atoms with Crippen molar-refractivity contribution in [3.63, 3.8) is 0 Å². The van der Waals surface area contributed by atoms with Gasteiger partial charge in [-0.2, -0.15) is 0 Å². The molecule has 0 unspecified atom stereocenters. The number of amidine groups is 1. The van der Waals surface area contributed by atoms with Gasteiger partial charge in [0.2, 0.25) is 0 Å². The Balaban J connectivity index is 1.84. The van der Waals surface area contributed by atoms with Crippen LogP contribution in [0.4, 0.5) is 0 Å². The van der Waals surface area contributed by atoms with Crippen LogP contribution < -0.4 is 10.1 Å². The van der Waals surface area contributed by atoms with Gasteiger partial charge in [-0.05, 0) is 41.7 Å². The first-order valence-electron chi connectivity index (χ1n) is 8.20. The van der Waals surface area contributed by atoms with E-state index in [0.717, 1.165) is 42.4 Å². The third-order valence-corrected chi connectivity index (χ3v) is 3.99. The van der Waals surface area contributed by atoms with E-state index in [4.69, 9.17) is 4.74 Å². The highest BCUT2D eigenvalue weighted by Crippen LogP contribution is 2.29. The second-order valence-electron chi connectivity index (χ2n) is 6.88. The van der Waals surface area contributed by atoms with Crippen molar-refractivity contribution in [3.8, 4) is 11.5 Å². The number of benzene rings is 2. The van der Waals surface area contributed by atoms with E-state index < -0.39 is 0 Å². The lowest BCUT2D eigenvalue weighted by Crippen LogP contribution is -2.30. The molecule has 120 valence electrons. The van der Waals surface area contributed by atoms with Crippen molar-refractivity contribution in [1.29, 1.82) is 0 Å². The molecule has 1 aliphatic heterocycles. The molecule has 0 fully saturated rings. The lowest BCUT2D eigenvalue weighted by Gasteiger charge is -2.20. The van der Waals surface area contributed by atoms with Gasteiger partial charge in [0.25, 0.3) is 0 Å². The van der Waals surface area contributed by atoms with Gasteiger partial charge in [0.05, 0.1) is 5.56 Å². The zero-order chi connectivity index (χ0) is 16.3. The molecule has 0 atom stereocenters. The third kappa shape index (κ3) is 3.73. The molecule has 0 aromatic heterocycles. The Morgan fingerprint density at radius 3 is 2.39 bits per heavy atom. The molecule has 0 spiro atoms. The molecular weight excluding hydrogens is 284 g/mol. The zero-order valence-corrected chi connectivity index (χ0v) is 14.1. The highest BCUT2D eigenvalue weighted by atomic mass is 16.5. The van der Waals surface area contributed by atoms with Gasteiger partial charge in [-0.3, -0.25) is 4.99 Å². The standard InChI is InChI=1S/C20H24N2O/c1-20(2,3)15-9-11-16(12-10-15)23-18-8-5-4-7-17(18)19-21-13-6-14-22-19/h4-5,7-12H,6,13-14H2,1-3H3,(H,21,22). The number of hydrogen-bond acceptors (Lipinski definition) is 3. The fraction of sp³-hybridized carbons (Fsp3) is 0.350. The van der Waals surface area contributed by atoms with E-state index in [0.29, 0.717) is 0 Å². The molecule has 0 radical (unpaired) electrons. The third-order valence-electron chi connectivity index (χ3n) is 3.99. The number of ether oxygens (including phenoxy) is 1. The molecule has 2 aromatic carbocycles. The monoisotopic (exact) mass is 308 g/mol. The molecule has 0 bridgehead atoms. The van der Waals surface area contributed by atoms with Gasteiger partial charge in [0, 0.05) is 13.1 Å². The second kappa shape index (κ2) is 6.45. The van der Waals surface area contributed by atoms with Crippen LogP contribution in [0.1, 0.15) is 38.3 Å². The number of para-hydroxylation sites is 1. The second-order valence-corrected chi connectivity index (χ2v) is 6.88. The van der Waals surface area contributed by atoms with Crippen LogP contribution in [-0.4, -0.2) is 18.9 Å².